The van der Waals surface area contributed by atoms with Crippen LogP contribution in [0.15, 0.2) is 0 Å². The Kier molecular flexibility index (Phi) is 5.40. The van der Waals surface area contributed by atoms with E-state index >= 15 is 0 Å². The number of hydrogen-bond donors (Lipinski definition) is 2. The largest absolute Gasteiger partial charge is 0.393 e. The molecule has 0 rings (SSSR count). The number of aliphatic hydroxyl groups excluding tert-OH is 2. The Labute approximate surface area is 80.5 Å². The first-order valence-corrected chi connectivity index (χ1v) is 4.31. The molecule has 0 aliphatic carbocycles. The van der Waals surface area contributed by atoms with E-state index in [2.05, 4.69) is 0 Å². The van der Waals surface area contributed by atoms with Crippen LogP contribution >= 0.6 is 0 Å². The zero-order chi connectivity index (χ0) is 11.2. The van der Waals surface area contributed by atoms with Gasteiger partial charge in [0.05, 0.1) is 26.2 Å². The molecule has 0 saturated heterocycles. The van der Waals surface area contributed by atoms with Crippen molar-refractivity contribution in [2.24, 2.45) is 0 Å². The van der Waals surface area contributed by atoms with Gasteiger partial charge in [-0.05, 0) is 6.42 Å². The quantitative estimate of drug-likeness (QED) is 0.698. The minimum atomic E-state index is -4.27. The molecule has 0 aromatic heterocycles. The minimum absolute atomic E-state index is 0.262. The molecule has 0 atom stereocenters. The number of alkyl halides is 3. The molecule has 86 valence electrons. The summed E-state index contributed by atoms with van der Waals surface area (Å²) in [5, 5.41) is 17.7. The van der Waals surface area contributed by atoms with Crippen LogP contribution in [0.2, 0.25) is 0 Å². The van der Waals surface area contributed by atoms with Crippen molar-refractivity contribution in [2.45, 2.75) is 31.5 Å². The molecule has 0 saturated carbocycles. The van der Waals surface area contributed by atoms with Crippen LogP contribution in [0.5, 0.6) is 0 Å². The van der Waals surface area contributed by atoms with E-state index in [4.69, 9.17) is 14.9 Å². The third kappa shape index (κ3) is 4.78. The second-order valence-corrected chi connectivity index (χ2v) is 3.07. The molecule has 0 aliphatic heterocycles. The first kappa shape index (κ1) is 13.7. The molecular formula is C8H15F3O3. The van der Waals surface area contributed by atoms with Crippen molar-refractivity contribution in [2.75, 3.05) is 19.8 Å². The van der Waals surface area contributed by atoms with Crippen LogP contribution in [0.25, 0.3) is 0 Å². The van der Waals surface area contributed by atoms with Gasteiger partial charge in [-0.15, -0.1) is 0 Å². The number of aliphatic hydroxyl groups is 2. The lowest BCUT2D eigenvalue weighted by Gasteiger charge is -2.28. The first-order valence-electron chi connectivity index (χ1n) is 4.31. The average Bonchev–Trinajstić information content (AvgIpc) is 2.11. The lowest BCUT2D eigenvalue weighted by molar-refractivity contribution is -0.170. The Morgan fingerprint density at radius 2 is 1.64 bits per heavy atom. The summed E-state index contributed by atoms with van der Waals surface area (Å²) in [7, 11) is 0. The molecule has 3 nitrogen and oxygen atoms in total. The van der Waals surface area contributed by atoms with Gasteiger partial charge in [-0.25, -0.2) is 0 Å². The highest BCUT2D eigenvalue weighted by Crippen LogP contribution is 2.22. The predicted molar refractivity (Wildman–Crippen MR) is 43.8 cm³/mol. The average molecular weight is 216 g/mol. The molecule has 0 bridgehead atoms. The SMILES string of the molecule is CCC(CO)(CO)OCCC(F)(F)F. The summed E-state index contributed by atoms with van der Waals surface area (Å²) < 4.78 is 40.0. The number of rotatable bonds is 6. The molecule has 2 N–H and O–H groups in total. The van der Waals surface area contributed by atoms with Crippen molar-refractivity contribution in [1.29, 1.82) is 0 Å². The predicted octanol–water partition coefficient (Wildman–Crippen LogP) is 1.09. The molecular weight excluding hydrogens is 201 g/mol. The summed E-state index contributed by atoms with van der Waals surface area (Å²) in [5.74, 6) is 0. The number of halogens is 3. The zero-order valence-corrected chi connectivity index (χ0v) is 7.97. The maximum Gasteiger partial charge on any atom is 0.391 e. The molecule has 0 heterocycles. The first-order chi connectivity index (χ1) is 6.39. The van der Waals surface area contributed by atoms with E-state index in [0.717, 1.165) is 0 Å². The standard InChI is InChI=1S/C8H15F3O3/c1-2-7(5-12,6-13)14-4-3-8(9,10)11/h12-13H,2-6H2,1H3. The molecule has 0 spiro atoms. The van der Waals surface area contributed by atoms with Crippen molar-refractivity contribution < 1.29 is 28.1 Å². The van der Waals surface area contributed by atoms with E-state index in [9.17, 15) is 13.2 Å². The van der Waals surface area contributed by atoms with Crippen LogP contribution in [-0.2, 0) is 4.74 Å². The summed E-state index contributed by atoms with van der Waals surface area (Å²) >= 11 is 0. The smallest absolute Gasteiger partial charge is 0.391 e. The second-order valence-electron chi connectivity index (χ2n) is 3.07. The van der Waals surface area contributed by atoms with E-state index in [0.29, 0.717) is 0 Å². The third-order valence-electron chi connectivity index (χ3n) is 2.01. The molecule has 0 amide bonds. The summed E-state index contributed by atoms with van der Waals surface area (Å²) in [6.45, 7) is 0.105. The van der Waals surface area contributed by atoms with Gasteiger partial charge < -0.3 is 14.9 Å². The molecule has 0 unspecified atom stereocenters. The van der Waals surface area contributed by atoms with Crippen LogP contribution in [0.3, 0.4) is 0 Å². The fraction of sp³-hybridized carbons (Fsp3) is 1.00. The highest BCUT2D eigenvalue weighted by molar-refractivity contribution is 4.77. The Morgan fingerprint density at radius 3 is 1.93 bits per heavy atom. The molecule has 0 aliphatic rings. The van der Waals surface area contributed by atoms with Gasteiger partial charge in [0, 0.05) is 0 Å². The monoisotopic (exact) mass is 216 g/mol. The fourth-order valence-corrected chi connectivity index (χ4v) is 0.850. The molecule has 0 aromatic carbocycles. The van der Waals surface area contributed by atoms with Crippen LogP contribution in [-0.4, -0.2) is 41.8 Å². The van der Waals surface area contributed by atoms with Gasteiger partial charge in [-0.2, -0.15) is 13.2 Å². The molecule has 0 radical (unpaired) electrons. The van der Waals surface area contributed by atoms with Gasteiger partial charge in [-0.3, -0.25) is 0 Å². The molecule has 6 heteroatoms. The van der Waals surface area contributed by atoms with Crippen molar-refractivity contribution in [3.8, 4) is 0 Å². The van der Waals surface area contributed by atoms with Crippen molar-refractivity contribution >= 4 is 0 Å². The van der Waals surface area contributed by atoms with Gasteiger partial charge in [0.25, 0.3) is 0 Å². The lowest BCUT2D eigenvalue weighted by Crippen LogP contribution is -2.41. The summed E-state index contributed by atoms with van der Waals surface area (Å²) in [6.07, 6.45) is -5.09. The van der Waals surface area contributed by atoms with E-state index in [1.54, 1.807) is 6.92 Å². The number of ether oxygens (including phenoxy) is 1. The van der Waals surface area contributed by atoms with Gasteiger partial charge in [-0.1, -0.05) is 6.92 Å². The zero-order valence-electron chi connectivity index (χ0n) is 7.97. The summed E-state index contributed by atoms with van der Waals surface area (Å²) in [6, 6.07) is 0. The number of hydrogen-bond acceptors (Lipinski definition) is 3. The fourth-order valence-electron chi connectivity index (χ4n) is 0.850. The topological polar surface area (TPSA) is 49.7 Å². The van der Waals surface area contributed by atoms with Gasteiger partial charge in [0.1, 0.15) is 5.60 Å². The van der Waals surface area contributed by atoms with Crippen molar-refractivity contribution in [1.82, 2.24) is 0 Å². The molecule has 14 heavy (non-hydrogen) atoms. The maximum atomic E-state index is 11.7. The molecule has 0 aromatic rings. The maximum absolute atomic E-state index is 11.7. The van der Waals surface area contributed by atoms with Crippen molar-refractivity contribution in [3.05, 3.63) is 0 Å². The Balaban J connectivity index is 3.95. The Morgan fingerprint density at radius 1 is 1.14 bits per heavy atom. The summed E-state index contributed by atoms with van der Waals surface area (Å²) in [5.41, 5.74) is -1.24. The second kappa shape index (κ2) is 5.53. The van der Waals surface area contributed by atoms with E-state index in [1.807, 2.05) is 0 Å². The summed E-state index contributed by atoms with van der Waals surface area (Å²) in [4.78, 5) is 0. The third-order valence-corrected chi connectivity index (χ3v) is 2.01. The van der Waals surface area contributed by atoms with Crippen LogP contribution in [0, 0.1) is 0 Å². The Bertz CT molecular complexity index is 146. The van der Waals surface area contributed by atoms with Gasteiger partial charge in [0.2, 0.25) is 0 Å². The van der Waals surface area contributed by atoms with Crippen molar-refractivity contribution in [3.63, 3.8) is 0 Å². The minimum Gasteiger partial charge on any atom is -0.393 e. The highest BCUT2D eigenvalue weighted by Gasteiger charge is 2.31. The van der Waals surface area contributed by atoms with Gasteiger partial charge in [0.15, 0.2) is 0 Å². The Hall–Kier alpha value is -0.330. The van der Waals surface area contributed by atoms with E-state index in [1.165, 1.54) is 0 Å². The lowest BCUT2D eigenvalue weighted by atomic mass is 10.0. The van der Waals surface area contributed by atoms with Gasteiger partial charge >= 0.3 is 6.18 Å². The van der Waals surface area contributed by atoms with Crippen LogP contribution in [0.1, 0.15) is 19.8 Å². The molecule has 0 fully saturated rings. The normalized spacial score (nSPS) is 13.3. The van der Waals surface area contributed by atoms with E-state index in [-0.39, 0.29) is 6.42 Å². The van der Waals surface area contributed by atoms with Crippen LogP contribution < -0.4 is 0 Å². The van der Waals surface area contributed by atoms with Crippen LogP contribution in [0.4, 0.5) is 13.2 Å². The van der Waals surface area contributed by atoms with E-state index < -0.39 is 38.0 Å². The highest BCUT2D eigenvalue weighted by atomic mass is 19.4.